The number of nitrogens with one attached hydrogen (secondary N) is 3. The van der Waals surface area contributed by atoms with Crippen LogP contribution in [0.25, 0.3) is 0 Å². The largest absolute Gasteiger partial charge is 0.387 e. The maximum atomic E-state index is 12.6. The minimum atomic E-state index is -3.70. The average Bonchev–Trinajstić information content (AvgIpc) is 3.19. The summed E-state index contributed by atoms with van der Waals surface area (Å²) in [5, 5.41) is 6.61. The molecule has 0 radical (unpaired) electrons. The lowest BCUT2D eigenvalue weighted by atomic mass is 9.96. The van der Waals surface area contributed by atoms with Gasteiger partial charge in [-0.15, -0.1) is 0 Å². The second-order valence-corrected chi connectivity index (χ2v) is 7.44. The fraction of sp³-hybridized carbons (Fsp3) is 0.385. The van der Waals surface area contributed by atoms with Gasteiger partial charge in [0.1, 0.15) is 11.2 Å². The van der Waals surface area contributed by atoms with Gasteiger partial charge in [-0.05, 0) is 30.5 Å². The lowest BCUT2D eigenvalue weighted by Crippen LogP contribution is -2.17. The molecule has 118 valence electrons. The zero-order chi connectivity index (χ0) is 15.6. The first kappa shape index (κ1) is 15.2. The molecule has 22 heavy (non-hydrogen) atoms. The third kappa shape index (κ3) is 2.92. The highest BCUT2D eigenvalue weighted by Gasteiger charge is 2.26. The lowest BCUT2D eigenvalue weighted by Gasteiger charge is -2.18. The molecular formula is C13H17N5O2S2. The number of hydrogen-bond donors (Lipinski definition) is 3. The van der Waals surface area contributed by atoms with Gasteiger partial charge in [0, 0.05) is 25.1 Å². The van der Waals surface area contributed by atoms with Crippen molar-refractivity contribution in [1.29, 1.82) is 0 Å². The summed E-state index contributed by atoms with van der Waals surface area (Å²) >= 11 is 1.01. The van der Waals surface area contributed by atoms with E-state index in [4.69, 9.17) is 0 Å². The molecule has 1 saturated heterocycles. The number of aromatic nitrogens is 2. The van der Waals surface area contributed by atoms with Gasteiger partial charge in [0.15, 0.2) is 0 Å². The quantitative estimate of drug-likeness (QED) is 0.763. The van der Waals surface area contributed by atoms with Crippen LogP contribution in [0, 0.1) is 0 Å². The molecule has 3 N–H and O–H groups in total. The number of benzene rings is 1. The second-order valence-electron chi connectivity index (χ2n) is 5.01. The Hall–Kier alpha value is -1.71. The number of anilines is 2. The van der Waals surface area contributed by atoms with E-state index < -0.39 is 10.0 Å². The molecule has 1 aliphatic heterocycles. The number of rotatable bonds is 5. The maximum Gasteiger partial charge on any atom is 0.265 e. The highest BCUT2D eigenvalue weighted by molar-refractivity contribution is 7.93. The Labute approximate surface area is 133 Å². The third-order valence-electron chi connectivity index (χ3n) is 3.68. The third-order valence-corrected chi connectivity index (χ3v) is 5.77. The van der Waals surface area contributed by atoms with Gasteiger partial charge in [-0.25, -0.2) is 13.4 Å². The fourth-order valence-corrected chi connectivity index (χ4v) is 4.59. The summed E-state index contributed by atoms with van der Waals surface area (Å²) in [5.41, 5.74) is 1.67. The molecule has 0 spiro atoms. The summed E-state index contributed by atoms with van der Waals surface area (Å²) in [6.45, 7) is 1.82. The van der Waals surface area contributed by atoms with Crippen LogP contribution in [0.5, 0.6) is 0 Å². The standard InChI is InChI=1S/C13H17N5O2S2/c1-14-12-10(9-5-6-15-7-9)3-2-4-11(12)22(19,20)18-13-16-8-17-21-13/h2-4,8-9,14-15H,5-7H2,1H3,(H,16,17,18). The van der Waals surface area contributed by atoms with Crippen LogP contribution in [0.4, 0.5) is 10.8 Å². The number of sulfonamides is 1. The first-order valence-electron chi connectivity index (χ1n) is 6.92. The van der Waals surface area contributed by atoms with Gasteiger partial charge in [-0.2, -0.15) is 4.37 Å². The van der Waals surface area contributed by atoms with Gasteiger partial charge in [0.2, 0.25) is 5.13 Å². The van der Waals surface area contributed by atoms with E-state index in [0.29, 0.717) is 11.6 Å². The summed E-state index contributed by atoms with van der Waals surface area (Å²) in [6, 6.07) is 5.36. The molecule has 7 nitrogen and oxygen atoms in total. The van der Waals surface area contributed by atoms with E-state index in [1.807, 2.05) is 6.07 Å². The number of hydrogen-bond acceptors (Lipinski definition) is 7. The van der Waals surface area contributed by atoms with Crippen molar-refractivity contribution in [2.45, 2.75) is 17.2 Å². The average molecular weight is 339 g/mol. The predicted octanol–water partition coefficient (Wildman–Crippen LogP) is 1.46. The van der Waals surface area contributed by atoms with Crippen molar-refractivity contribution >= 4 is 32.4 Å². The van der Waals surface area contributed by atoms with Gasteiger partial charge >= 0.3 is 0 Å². The van der Waals surface area contributed by atoms with E-state index in [2.05, 4.69) is 24.7 Å². The van der Waals surface area contributed by atoms with E-state index >= 15 is 0 Å². The minimum absolute atomic E-state index is 0.231. The highest BCUT2D eigenvalue weighted by Crippen LogP contribution is 2.34. The molecule has 1 fully saturated rings. The molecule has 1 aromatic heterocycles. The summed E-state index contributed by atoms with van der Waals surface area (Å²) in [5.74, 6) is 0.319. The van der Waals surface area contributed by atoms with E-state index in [1.165, 1.54) is 6.33 Å². The molecule has 3 rings (SSSR count). The Morgan fingerprint density at radius 3 is 2.91 bits per heavy atom. The van der Waals surface area contributed by atoms with Crippen LogP contribution in [0.1, 0.15) is 17.9 Å². The van der Waals surface area contributed by atoms with Crippen LogP contribution in [-0.2, 0) is 10.0 Å². The van der Waals surface area contributed by atoms with E-state index in [1.54, 1.807) is 19.2 Å². The van der Waals surface area contributed by atoms with Crippen molar-refractivity contribution < 1.29 is 8.42 Å². The molecule has 1 unspecified atom stereocenters. The molecule has 0 aliphatic carbocycles. The van der Waals surface area contributed by atoms with Crippen molar-refractivity contribution in [3.8, 4) is 0 Å². The molecule has 9 heteroatoms. The molecule has 1 aromatic carbocycles. The fourth-order valence-electron chi connectivity index (χ4n) is 2.69. The first-order valence-corrected chi connectivity index (χ1v) is 9.18. The Morgan fingerprint density at radius 2 is 2.27 bits per heavy atom. The van der Waals surface area contributed by atoms with Gasteiger partial charge in [0.25, 0.3) is 10.0 Å². The zero-order valence-electron chi connectivity index (χ0n) is 12.0. The summed E-state index contributed by atoms with van der Waals surface area (Å²) in [4.78, 5) is 4.10. The molecule has 0 saturated carbocycles. The van der Waals surface area contributed by atoms with Crippen LogP contribution in [-0.4, -0.2) is 37.9 Å². The Bertz CT molecular complexity index is 740. The molecule has 1 atom stereocenters. The topological polar surface area (TPSA) is 96.0 Å². The van der Waals surface area contributed by atoms with Crippen molar-refractivity contribution in [3.05, 3.63) is 30.1 Å². The van der Waals surface area contributed by atoms with Gasteiger partial charge in [-0.1, -0.05) is 12.1 Å². The molecule has 2 heterocycles. The summed E-state index contributed by atoms with van der Waals surface area (Å²) in [7, 11) is -1.96. The van der Waals surface area contributed by atoms with Crippen LogP contribution >= 0.6 is 11.5 Å². The molecular weight excluding hydrogens is 322 g/mol. The van der Waals surface area contributed by atoms with E-state index in [-0.39, 0.29) is 10.0 Å². The van der Waals surface area contributed by atoms with Gasteiger partial charge < -0.3 is 10.6 Å². The van der Waals surface area contributed by atoms with Crippen LogP contribution < -0.4 is 15.4 Å². The monoisotopic (exact) mass is 339 g/mol. The molecule has 0 amide bonds. The van der Waals surface area contributed by atoms with Gasteiger partial charge in [0.05, 0.1) is 5.69 Å². The van der Waals surface area contributed by atoms with Gasteiger partial charge in [-0.3, -0.25) is 4.72 Å². The Balaban J connectivity index is 2.00. The summed E-state index contributed by atoms with van der Waals surface area (Å²) in [6.07, 6.45) is 2.32. The van der Waals surface area contributed by atoms with Crippen molar-refractivity contribution in [3.63, 3.8) is 0 Å². The molecule has 1 aliphatic rings. The van der Waals surface area contributed by atoms with Crippen molar-refractivity contribution in [2.75, 3.05) is 30.2 Å². The number of para-hydroxylation sites is 1. The predicted molar refractivity (Wildman–Crippen MR) is 86.9 cm³/mol. The smallest absolute Gasteiger partial charge is 0.265 e. The van der Waals surface area contributed by atoms with Crippen LogP contribution in [0.3, 0.4) is 0 Å². The maximum absolute atomic E-state index is 12.6. The Kier molecular flexibility index (Phi) is 4.27. The van der Waals surface area contributed by atoms with Crippen molar-refractivity contribution in [1.82, 2.24) is 14.7 Å². The van der Waals surface area contributed by atoms with E-state index in [9.17, 15) is 8.42 Å². The zero-order valence-corrected chi connectivity index (χ0v) is 13.7. The normalized spacial score (nSPS) is 18.3. The number of nitrogens with zero attached hydrogens (tertiary/aromatic N) is 2. The molecule has 2 aromatic rings. The molecule has 0 bridgehead atoms. The first-order chi connectivity index (χ1) is 10.6. The van der Waals surface area contributed by atoms with Crippen LogP contribution in [0.15, 0.2) is 29.4 Å². The SMILES string of the molecule is CNc1c(C2CCNC2)cccc1S(=O)(=O)Nc1ncns1. The highest BCUT2D eigenvalue weighted by atomic mass is 32.2. The minimum Gasteiger partial charge on any atom is -0.387 e. The van der Waals surface area contributed by atoms with E-state index in [0.717, 1.165) is 36.6 Å². The second kappa shape index (κ2) is 6.19. The van der Waals surface area contributed by atoms with Crippen molar-refractivity contribution in [2.24, 2.45) is 0 Å². The Morgan fingerprint density at radius 1 is 1.41 bits per heavy atom. The lowest BCUT2D eigenvalue weighted by molar-refractivity contribution is 0.601. The van der Waals surface area contributed by atoms with Crippen LogP contribution in [0.2, 0.25) is 0 Å². The summed E-state index contributed by atoms with van der Waals surface area (Å²) < 4.78 is 31.5.